The predicted molar refractivity (Wildman–Crippen MR) is 202 cm³/mol. The van der Waals surface area contributed by atoms with Crippen LogP contribution in [0.4, 0.5) is 0 Å². The van der Waals surface area contributed by atoms with Crippen molar-refractivity contribution in [3.63, 3.8) is 0 Å². The van der Waals surface area contributed by atoms with E-state index in [-0.39, 0.29) is 0 Å². The third kappa shape index (κ3) is 6.10. The summed E-state index contributed by atoms with van der Waals surface area (Å²) in [5.41, 5.74) is 21.4. The second-order valence-electron chi connectivity index (χ2n) is 14.3. The quantitative estimate of drug-likeness (QED) is 0.137. The fraction of sp³-hybridized carbons (Fsp3) is 0.364. The Kier molecular flexibility index (Phi) is 10.4. The molecular formula is C44H53SiZr. The van der Waals surface area contributed by atoms with E-state index in [0.717, 1.165) is 0 Å². The van der Waals surface area contributed by atoms with Gasteiger partial charge in [0.1, 0.15) is 0 Å². The number of fused-ring (bicyclic) bond motifs is 2. The Bertz CT molecular complexity index is 1680. The topological polar surface area (TPSA) is 0 Å². The summed E-state index contributed by atoms with van der Waals surface area (Å²) >= 11 is -2.19. The summed E-state index contributed by atoms with van der Waals surface area (Å²) in [6.45, 7) is 19.3. The fourth-order valence-corrected chi connectivity index (χ4v) is 31.2. The van der Waals surface area contributed by atoms with Gasteiger partial charge in [0, 0.05) is 0 Å². The molecule has 46 heavy (non-hydrogen) atoms. The second-order valence-corrected chi connectivity index (χ2v) is 34.3. The van der Waals surface area contributed by atoms with E-state index in [4.69, 9.17) is 0 Å². The zero-order chi connectivity index (χ0) is 32.5. The van der Waals surface area contributed by atoms with Crippen LogP contribution in [0, 0.1) is 27.7 Å². The van der Waals surface area contributed by atoms with E-state index < -0.39 is 26.8 Å². The Hall–Kier alpha value is -2.54. The Balaban J connectivity index is 1.53. The van der Waals surface area contributed by atoms with Gasteiger partial charge in [0.2, 0.25) is 0 Å². The Morgan fingerprint density at radius 1 is 0.543 bits per heavy atom. The number of unbranched alkanes of at least 4 members (excludes halogenated alkanes) is 2. The molecule has 2 atom stereocenters. The van der Waals surface area contributed by atoms with Crippen molar-refractivity contribution in [2.24, 2.45) is 0 Å². The molecule has 6 rings (SSSR count). The molecular weight excluding hydrogens is 648 g/mol. The molecule has 0 spiro atoms. The summed E-state index contributed by atoms with van der Waals surface area (Å²) < 4.78 is 1.37. The molecule has 0 saturated heterocycles. The number of hydrogen-bond acceptors (Lipinski definition) is 0. The summed E-state index contributed by atoms with van der Waals surface area (Å²) in [7, 11) is 0. The predicted octanol–water partition coefficient (Wildman–Crippen LogP) is 12.8. The van der Waals surface area contributed by atoms with Gasteiger partial charge in [-0.25, -0.2) is 0 Å². The first-order valence-electron chi connectivity index (χ1n) is 17.9. The van der Waals surface area contributed by atoms with Gasteiger partial charge in [-0.2, -0.15) is 0 Å². The van der Waals surface area contributed by atoms with Gasteiger partial charge in [-0.15, -0.1) is 0 Å². The first-order valence-corrected chi connectivity index (χ1v) is 27.9. The second kappa shape index (κ2) is 14.3. The SMILES string of the molecule is CCCCC1=Cc2c(-c3cccc(C)c3C)cccc2[CH]1[Zr]([CH]1C(CCCC)=Cc2c(-c3cccc(C)c3C)cccc21)[SiH](C)C. The van der Waals surface area contributed by atoms with E-state index in [1.165, 1.54) is 83.0 Å². The maximum atomic E-state index is 2.72. The van der Waals surface area contributed by atoms with Crippen LogP contribution in [0.5, 0.6) is 0 Å². The van der Waals surface area contributed by atoms with Gasteiger partial charge in [-0.3, -0.25) is 0 Å². The number of hydrogen-bond donors (Lipinski definition) is 0. The van der Waals surface area contributed by atoms with Crippen LogP contribution >= 0.6 is 0 Å². The summed E-state index contributed by atoms with van der Waals surface area (Å²) in [4.78, 5) is 0. The molecule has 0 nitrogen and oxygen atoms in total. The van der Waals surface area contributed by atoms with Gasteiger partial charge in [-0.1, -0.05) is 0 Å². The zero-order valence-corrected chi connectivity index (χ0v) is 33.2. The Labute approximate surface area is 288 Å². The minimum absolute atomic E-state index is 0.686. The van der Waals surface area contributed by atoms with E-state index in [0.29, 0.717) is 7.25 Å². The molecule has 0 aliphatic heterocycles. The molecule has 4 aromatic rings. The molecule has 0 radical (unpaired) electrons. The molecule has 2 aliphatic rings. The molecule has 0 aromatic heterocycles. The normalized spacial score (nSPS) is 16.8. The maximum absolute atomic E-state index is 2.72. The standard InChI is InChI=1S/2C21H23.C2H7Si.Zr/c2*1-4-5-9-17-13-18-10-7-12-20(21(18)14-17)19-11-6-8-15(2)16(19)3;1-3-2;/h2*6-8,10-14H,4-5,9H2,1-3H3;3H,1-2H3;. The molecule has 2 heteroatoms. The molecule has 0 heterocycles. The minimum atomic E-state index is -2.19. The van der Waals surface area contributed by atoms with Gasteiger partial charge in [0.15, 0.2) is 0 Å². The summed E-state index contributed by atoms with van der Waals surface area (Å²) in [5, 5.41) is 0. The Morgan fingerprint density at radius 3 is 1.33 bits per heavy atom. The van der Waals surface area contributed by atoms with Crippen LogP contribution in [0.2, 0.25) is 13.1 Å². The van der Waals surface area contributed by atoms with Crippen LogP contribution in [-0.4, -0.2) is 5.92 Å². The average molecular weight is 701 g/mol. The summed E-state index contributed by atoms with van der Waals surface area (Å²) in [6, 6.07) is 28.4. The average Bonchev–Trinajstić information content (AvgIpc) is 3.60. The molecule has 0 amide bonds. The first-order chi connectivity index (χ1) is 22.3. The number of benzene rings is 4. The van der Waals surface area contributed by atoms with Crippen molar-refractivity contribution in [2.75, 3.05) is 0 Å². The molecule has 0 bridgehead atoms. The van der Waals surface area contributed by atoms with E-state index in [1.54, 1.807) is 33.4 Å². The molecule has 0 saturated carbocycles. The number of aryl methyl sites for hydroxylation is 2. The molecule has 0 N–H and O–H groups in total. The van der Waals surface area contributed by atoms with Gasteiger partial charge < -0.3 is 0 Å². The molecule has 0 fully saturated rings. The van der Waals surface area contributed by atoms with Crippen molar-refractivity contribution in [2.45, 2.75) is 100 Å². The summed E-state index contributed by atoms with van der Waals surface area (Å²) in [5.74, 6) is -0.954. The van der Waals surface area contributed by atoms with Crippen molar-refractivity contribution in [1.29, 1.82) is 0 Å². The van der Waals surface area contributed by atoms with Crippen LogP contribution in [0.1, 0.15) is 104 Å². The first kappa shape index (κ1) is 33.4. The zero-order valence-electron chi connectivity index (χ0n) is 29.6. The van der Waals surface area contributed by atoms with Crippen LogP contribution in [0.15, 0.2) is 83.9 Å². The van der Waals surface area contributed by atoms with E-state index in [1.807, 2.05) is 0 Å². The molecule has 237 valence electrons. The van der Waals surface area contributed by atoms with Gasteiger partial charge in [-0.05, 0) is 0 Å². The van der Waals surface area contributed by atoms with Crippen LogP contribution < -0.4 is 0 Å². The van der Waals surface area contributed by atoms with E-state index >= 15 is 0 Å². The third-order valence-corrected chi connectivity index (χ3v) is 32.8. The molecule has 2 aliphatic carbocycles. The fourth-order valence-electron chi connectivity index (χ4n) is 8.30. The molecule has 2 unspecified atom stereocenters. The monoisotopic (exact) mass is 699 g/mol. The number of allylic oxidation sites excluding steroid dienone is 2. The van der Waals surface area contributed by atoms with Crippen LogP contribution in [0.25, 0.3) is 34.4 Å². The van der Waals surface area contributed by atoms with E-state index in [2.05, 4.69) is 140 Å². The van der Waals surface area contributed by atoms with Crippen LogP contribution in [-0.2, 0) is 20.9 Å². The van der Waals surface area contributed by atoms with Crippen molar-refractivity contribution in [1.82, 2.24) is 0 Å². The van der Waals surface area contributed by atoms with Gasteiger partial charge in [0.05, 0.1) is 0 Å². The molecule has 4 aromatic carbocycles. The van der Waals surface area contributed by atoms with Crippen molar-refractivity contribution >= 4 is 18.1 Å². The van der Waals surface area contributed by atoms with Gasteiger partial charge >= 0.3 is 290 Å². The summed E-state index contributed by atoms with van der Waals surface area (Å²) in [6.07, 6.45) is 13.0. The van der Waals surface area contributed by atoms with E-state index in [9.17, 15) is 0 Å². The van der Waals surface area contributed by atoms with Crippen LogP contribution in [0.3, 0.4) is 0 Å². The third-order valence-electron chi connectivity index (χ3n) is 11.1. The number of rotatable bonds is 11. The Morgan fingerprint density at radius 2 is 0.935 bits per heavy atom. The van der Waals surface area contributed by atoms with Gasteiger partial charge in [0.25, 0.3) is 0 Å². The van der Waals surface area contributed by atoms with Crippen molar-refractivity contribution < 1.29 is 20.9 Å². The van der Waals surface area contributed by atoms with Crippen molar-refractivity contribution in [3.8, 4) is 22.3 Å². The van der Waals surface area contributed by atoms with Crippen molar-refractivity contribution in [3.05, 3.63) is 128 Å².